The molecule has 2 aromatic heterocycles. The van der Waals surface area contributed by atoms with Crippen LogP contribution in [0.3, 0.4) is 0 Å². The van der Waals surface area contributed by atoms with E-state index in [-0.39, 0.29) is 20.8 Å². The highest BCUT2D eigenvalue weighted by atomic mass is 79.9. The Balaban J connectivity index is 2.28. The molecule has 2 heterocycles. The van der Waals surface area contributed by atoms with Crippen molar-refractivity contribution >= 4 is 33.2 Å². The Morgan fingerprint density at radius 3 is 3.00 bits per heavy atom. The summed E-state index contributed by atoms with van der Waals surface area (Å²) in [4.78, 5) is 28.2. The van der Waals surface area contributed by atoms with Gasteiger partial charge in [0, 0.05) is 11.4 Å². The van der Waals surface area contributed by atoms with Crippen LogP contribution in [0.5, 0.6) is 11.6 Å². The molecule has 0 aliphatic heterocycles. The summed E-state index contributed by atoms with van der Waals surface area (Å²) in [5.41, 5.74) is -0.372. The second kappa shape index (κ2) is 4.68. The first-order valence-corrected chi connectivity index (χ1v) is 5.98. The number of aromatic nitrogens is 2. The number of hydrogen-bond acceptors (Lipinski definition) is 5. The molecule has 8 heteroatoms. The van der Waals surface area contributed by atoms with Crippen molar-refractivity contribution in [2.75, 3.05) is 0 Å². The van der Waals surface area contributed by atoms with Gasteiger partial charge in [-0.25, -0.2) is 9.78 Å². The zero-order chi connectivity index (χ0) is 12.4. The van der Waals surface area contributed by atoms with Crippen molar-refractivity contribution in [1.29, 1.82) is 0 Å². The second-order valence-electron chi connectivity index (χ2n) is 2.90. The third-order valence-electron chi connectivity index (χ3n) is 1.77. The molecule has 0 fully saturated rings. The van der Waals surface area contributed by atoms with E-state index in [0.717, 1.165) is 11.3 Å². The molecule has 0 radical (unpaired) electrons. The van der Waals surface area contributed by atoms with E-state index in [2.05, 4.69) is 25.9 Å². The predicted molar refractivity (Wildman–Crippen MR) is 63.9 cm³/mol. The largest absolute Gasteiger partial charge is 0.477 e. The number of nitrogens with one attached hydrogen (secondary N) is 1. The average molecular weight is 317 g/mol. The zero-order valence-electron chi connectivity index (χ0n) is 8.14. The van der Waals surface area contributed by atoms with E-state index in [0.29, 0.717) is 5.75 Å². The lowest BCUT2D eigenvalue weighted by atomic mass is 10.4. The van der Waals surface area contributed by atoms with Crippen LogP contribution in [0.25, 0.3) is 0 Å². The maximum absolute atomic E-state index is 11.2. The molecular formula is C9H5BrN2O4S. The Bertz CT molecular complexity index is 621. The lowest BCUT2D eigenvalue weighted by Crippen LogP contribution is -2.08. The van der Waals surface area contributed by atoms with Crippen LogP contribution in [-0.4, -0.2) is 21.0 Å². The SMILES string of the molecule is O=C(O)c1cc(Oc2nc[nH]c(=O)c2Br)cs1. The molecule has 0 saturated carbocycles. The summed E-state index contributed by atoms with van der Waals surface area (Å²) in [5, 5.41) is 10.3. The Morgan fingerprint density at radius 1 is 1.59 bits per heavy atom. The van der Waals surface area contributed by atoms with Crippen molar-refractivity contribution in [3.05, 3.63) is 37.5 Å². The minimum Gasteiger partial charge on any atom is -0.477 e. The summed E-state index contributed by atoms with van der Waals surface area (Å²) in [6.07, 6.45) is 1.20. The minimum atomic E-state index is -1.03. The van der Waals surface area contributed by atoms with Gasteiger partial charge in [-0.1, -0.05) is 0 Å². The molecule has 2 N–H and O–H groups in total. The fourth-order valence-corrected chi connectivity index (χ4v) is 1.98. The second-order valence-corrected chi connectivity index (χ2v) is 4.61. The minimum absolute atomic E-state index is 0.0866. The van der Waals surface area contributed by atoms with E-state index in [1.807, 2.05) is 0 Å². The number of H-pyrrole nitrogens is 1. The number of carboxylic acids is 1. The van der Waals surface area contributed by atoms with E-state index in [1.54, 1.807) is 0 Å². The summed E-state index contributed by atoms with van der Waals surface area (Å²) in [5.74, 6) is -0.613. The Morgan fingerprint density at radius 2 is 2.35 bits per heavy atom. The van der Waals surface area contributed by atoms with Crippen LogP contribution < -0.4 is 10.3 Å². The van der Waals surface area contributed by atoms with Gasteiger partial charge in [0.15, 0.2) is 0 Å². The van der Waals surface area contributed by atoms with Gasteiger partial charge in [-0.15, -0.1) is 11.3 Å². The van der Waals surface area contributed by atoms with Gasteiger partial charge in [-0.3, -0.25) is 4.79 Å². The van der Waals surface area contributed by atoms with Crippen molar-refractivity contribution in [2.45, 2.75) is 0 Å². The fraction of sp³-hybridized carbons (Fsp3) is 0. The molecule has 0 aliphatic carbocycles. The first-order valence-electron chi connectivity index (χ1n) is 4.31. The fourth-order valence-electron chi connectivity index (χ4n) is 1.03. The number of nitrogens with zero attached hydrogens (tertiary/aromatic N) is 1. The molecule has 2 aromatic rings. The normalized spacial score (nSPS) is 10.2. The van der Waals surface area contributed by atoms with E-state index >= 15 is 0 Å². The summed E-state index contributed by atoms with van der Waals surface area (Å²) in [7, 11) is 0. The molecule has 0 spiro atoms. The number of thiophene rings is 1. The molecule has 0 aromatic carbocycles. The van der Waals surface area contributed by atoms with Gasteiger partial charge >= 0.3 is 5.97 Å². The molecule has 0 amide bonds. The number of hydrogen-bond donors (Lipinski definition) is 2. The molecule has 0 aliphatic rings. The van der Waals surface area contributed by atoms with Gasteiger partial charge < -0.3 is 14.8 Å². The monoisotopic (exact) mass is 316 g/mol. The topological polar surface area (TPSA) is 92.3 Å². The standard InChI is InChI=1S/C9H5BrN2O4S/c10-6-7(13)11-3-12-8(6)16-4-1-5(9(14)15)17-2-4/h1-3H,(H,14,15)(H,11,12,13). The van der Waals surface area contributed by atoms with Crippen molar-refractivity contribution in [1.82, 2.24) is 9.97 Å². The number of aromatic amines is 1. The van der Waals surface area contributed by atoms with E-state index < -0.39 is 5.97 Å². The Hall–Kier alpha value is -1.67. The highest BCUT2D eigenvalue weighted by Gasteiger charge is 2.11. The molecule has 0 saturated heterocycles. The van der Waals surface area contributed by atoms with Gasteiger partial charge in [0.1, 0.15) is 15.1 Å². The van der Waals surface area contributed by atoms with Crippen LogP contribution in [0, 0.1) is 0 Å². The van der Waals surface area contributed by atoms with Crippen LogP contribution in [-0.2, 0) is 0 Å². The van der Waals surface area contributed by atoms with Gasteiger partial charge in [0.2, 0.25) is 5.88 Å². The first kappa shape index (κ1) is 11.8. The molecule has 6 nitrogen and oxygen atoms in total. The van der Waals surface area contributed by atoms with Gasteiger partial charge in [0.25, 0.3) is 5.56 Å². The van der Waals surface area contributed by atoms with Crippen molar-refractivity contribution in [3.8, 4) is 11.6 Å². The number of carbonyl (C=O) groups is 1. The van der Waals surface area contributed by atoms with Crippen LogP contribution in [0.4, 0.5) is 0 Å². The van der Waals surface area contributed by atoms with Gasteiger partial charge in [-0.05, 0) is 15.9 Å². The number of halogens is 1. The zero-order valence-corrected chi connectivity index (χ0v) is 10.5. The smallest absolute Gasteiger partial charge is 0.346 e. The Kier molecular flexibility index (Phi) is 3.25. The predicted octanol–water partition coefficient (Wildman–Crippen LogP) is 2.08. The lowest BCUT2D eigenvalue weighted by Gasteiger charge is -2.02. The Labute approximate surface area is 107 Å². The number of ether oxygens (including phenoxy) is 1. The van der Waals surface area contributed by atoms with Crippen molar-refractivity contribution in [2.24, 2.45) is 0 Å². The number of carboxylic acid groups (broad SMARTS) is 1. The van der Waals surface area contributed by atoms with Crippen LogP contribution in [0.15, 0.2) is 27.0 Å². The molecular weight excluding hydrogens is 312 g/mol. The van der Waals surface area contributed by atoms with Crippen LogP contribution in [0.1, 0.15) is 9.67 Å². The van der Waals surface area contributed by atoms with Gasteiger partial charge in [-0.2, -0.15) is 0 Å². The van der Waals surface area contributed by atoms with Crippen LogP contribution in [0.2, 0.25) is 0 Å². The average Bonchev–Trinajstić information content (AvgIpc) is 2.73. The van der Waals surface area contributed by atoms with Crippen molar-refractivity contribution < 1.29 is 14.6 Å². The molecule has 2 rings (SSSR count). The summed E-state index contributed by atoms with van der Waals surface area (Å²) < 4.78 is 5.45. The summed E-state index contributed by atoms with van der Waals surface area (Å²) >= 11 is 4.06. The third-order valence-corrected chi connectivity index (χ3v) is 3.36. The van der Waals surface area contributed by atoms with E-state index in [4.69, 9.17) is 9.84 Å². The molecule has 0 bridgehead atoms. The first-order chi connectivity index (χ1) is 8.08. The molecule has 88 valence electrons. The number of aromatic carboxylic acids is 1. The third kappa shape index (κ3) is 2.53. The summed E-state index contributed by atoms with van der Waals surface area (Å²) in [6.45, 7) is 0. The van der Waals surface area contributed by atoms with Crippen LogP contribution >= 0.6 is 27.3 Å². The maximum atomic E-state index is 11.2. The lowest BCUT2D eigenvalue weighted by molar-refractivity contribution is 0.0702. The number of rotatable bonds is 3. The van der Waals surface area contributed by atoms with Crippen molar-refractivity contribution in [3.63, 3.8) is 0 Å². The summed E-state index contributed by atoms with van der Waals surface area (Å²) in [6, 6.07) is 1.36. The highest BCUT2D eigenvalue weighted by molar-refractivity contribution is 9.10. The molecule has 0 atom stereocenters. The quantitative estimate of drug-likeness (QED) is 0.904. The highest BCUT2D eigenvalue weighted by Crippen LogP contribution is 2.28. The van der Waals surface area contributed by atoms with E-state index in [1.165, 1.54) is 17.8 Å². The van der Waals surface area contributed by atoms with Gasteiger partial charge in [0.05, 0.1) is 6.33 Å². The molecule has 0 unspecified atom stereocenters. The maximum Gasteiger partial charge on any atom is 0.346 e. The molecule has 17 heavy (non-hydrogen) atoms. The van der Waals surface area contributed by atoms with E-state index in [9.17, 15) is 9.59 Å².